The zero-order valence-corrected chi connectivity index (χ0v) is 9.03. The monoisotopic (exact) mass is 196 g/mol. The summed E-state index contributed by atoms with van der Waals surface area (Å²) in [5.41, 5.74) is 1.14. The fraction of sp³-hybridized carbons (Fsp3) is 0.700. The Morgan fingerprint density at radius 1 is 1.69 bits per heavy atom. The molecule has 2 nitrogen and oxygen atoms in total. The predicted octanol–water partition coefficient (Wildman–Crippen LogP) is 2.34. The van der Waals surface area contributed by atoms with Crippen LogP contribution >= 0.6 is 11.3 Å². The molecule has 0 saturated heterocycles. The highest BCUT2D eigenvalue weighted by Gasteiger charge is 2.27. The van der Waals surface area contributed by atoms with Crippen molar-refractivity contribution in [2.75, 3.05) is 0 Å². The second-order valence-electron chi connectivity index (χ2n) is 3.89. The number of rotatable bonds is 4. The quantitative estimate of drug-likeness (QED) is 0.799. The van der Waals surface area contributed by atoms with Gasteiger partial charge in [-0.25, -0.2) is 4.98 Å². The third kappa shape index (κ3) is 2.51. The van der Waals surface area contributed by atoms with Crippen molar-refractivity contribution in [3.8, 4) is 0 Å². The first-order chi connectivity index (χ1) is 6.25. The lowest BCUT2D eigenvalue weighted by Crippen LogP contribution is -2.27. The van der Waals surface area contributed by atoms with Gasteiger partial charge in [0.1, 0.15) is 5.01 Å². The molecule has 1 aliphatic carbocycles. The molecule has 1 aromatic heterocycles. The third-order valence-electron chi connectivity index (χ3n) is 2.57. The summed E-state index contributed by atoms with van der Waals surface area (Å²) in [6, 6.07) is 0.671. The second kappa shape index (κ2) is 3.76. The van der Waals surface area contributed by atoms with Gasteiger partial charge in [-0.15, -0.1) is 11.3 Å². The van der Waals surface area contributed by atoms with Gasteiger partial charge < -0.3 is 5.32 Å². The molecule has 1 aromatic rings. The summed E-state index contributed by atoms with van der Waals surface area (Å²) in [7, 11) is 0. The maximum atomic E-state index is 4.42. The SMILES string of the molecule is Cc1csc(CNC(C)C2CC2)n1. The van der Waals surface area contributed by atoms with Crippen LogP contribution in [-0.2, 0) is 6.54 Å². The summed E-state index contributed by atoms with van der Waals surface area (Å²) in [5.74, 6) is 0.932. The minimum atomic E-state index is 0.671. The Labute approximate surface area is 83.4 Å². The van der Waals surface area contributed by atoms with Gasteiger partial charge in [0.25, 0.3) is 0 Å². The summed E-state index contributed by atoms with van der Waals surface area (Å²) in [6.45, 7) is 5.26. The van der Waals surface area contributed by atoms with Gasteiger partial charge in [0, 0.05) is 23.7 Å². The number of nitrogens with one attached hydrogen (secondary N) is 1. The minimum Gasteiger partial charge on any atom is -0.308 e. The number of thiazole rings is 1. The number of hydrogen-bond acceptors (Lipinski definition) is 3. The van der Waals surface area contributed by atoms with Gasteiger partial charge in [0.05, 0.1) is 0 Å². The fourth-order valence-electron chi connectivity index (χ4n) is 1.50. The molecular weight excluding hydrogens is 180 g/mol. The van der Waals surface area contributed by atoms with Crippen LogP contribution in [0.5, 0.6) is 0 Å². The summed E-state index contributed by atoms with van der Waals surface area (Å²) in [6.07, 6.45) is 2.82. The van der Waals surface area contributed by atoms with Crippen molar-refractivity contribution in [1.29, 1.82) is 0 Å². The molecule has 0 spiro atoms. The van der Waals surface area contributed by atoms with E-state index in [2.05, 4.69) is 22.6 Å². The van der Waals surface area contributed by atoms with E-state index in [9.17, 15) is 0 Å². The van der Waals surface area contributed by atoms with E-state index in [1.54, 1.807) is 11.3 Å². The predicted molar refractivity (Wildman–Crippen MR) is 55.9 cm³/mol. The number of hydrogen-bond donors (Lipinski definition) is 1. The van der Waals surface area contributed by atoms with E-state index in [0.29, 0.717) is 6.04 Å². The standard InChI is InChI=1S/C10H16N2S/c1-7-6-13-10(12-7)5-11-8(2)9-3-4-9/h6,8-9,11H,3-5H2,1-2H3. The average molecular weight is 196 g/mol. The molecule has 2 rings (SSSR count). The molecule has 1 unspecified atom stereocenters. The zero-order valence-electron chi connectivity index (χ0n) is 8.21. The van der Waals surface area contributed by atoms with Crippen LogP contribution in [0.2, 0.25) is 0 Å². The molecule has 1 aliphatic rings. The summed E-state index contributed by atoms with van der Waals surface area (Å²) in [5, 5.41) is 6.84. The summed E-state index contributed by atoms with van der Waals surface area (Å²) in [4.78, 5) is 4.42. The molecule has 13 heavy (non-hydrogen) atoms. The first-order valence-corrected chi connectivity index (χ1v) is 5.78. The molecule has 0 aromatic carbocycles. The fourth-order valence-corrected chi connectivity index (χ4v) is 2.22. The van der Waals surface area contributed by atoms with E-state index in [1.807, 2.05) is 6.92 Å². The molecule has 1 heterocycles. The lowest BCUT2D eigenvalue weighted by Gasteiger charge is -2.10. The third-order valence-corrected chi connectivity index (χ3v) is 3.54. The zero-order chi connectivity index (χ0) is 9.26. The van der Waals surface area contributed by atoms with E-state index >= 15 is 0 Å². The van der Waals surface area contributed by atoms with E-state index < -0.39 is 0 Å². The van der Waals surface area contributed by atoms with Crippen LogP contribution in [0.4, 0.5) is 0 Å². The topological polar surface area (TPSA) is 24.9 Å². The average Bonchev–Trinajstić information content (AvgIpc) is 2.87. The first kappa shape index (κ1) is 9.16. The van der Waals surface area contributed by atoms with Crippen LogP contribution in [0.1, 0.15) is 30.5 Å². The Kier molecular flexibility index (Phi) is 2.65. The molecule has 0 radical (unpaired) electrons. The highest BCUT2D eigenvalue weighted by atomic mass is 32.1. The smallest absolute Gasteiger partial charge is 0.107 e. The van der Waals surface area contributed by atoms with Crippen LogP contribution in [0.25, 0.3) is 0 Å². The Balaban J connectivity index is 1.78. The number of nitrogens with zero attached hydrogens (tertiary/aromatic N) is 1. The highest BCUT2D eigenvalue weighted by molar-refractivity contribution is 7.09. The molecular formula is C10H16N2S. The Morgan fingerprint density at radius 3 is 3.00 bits per heavy atom. The van der Waals surface area contributed by atoms with Crippen molar-refractivity contribution in [3.05, 3.63) is 16.1 Å². The van der Waals surface area contributed by atoms with Gasteiger partial charge in [0.15, 0.2) is 0 Å². The van der Waals surface area contributed by atoms with Crippen LogP contribution in [0.3, 0.4) is 0 Å². The van der Waals surface area contributed by atoms with Crippen LogP contribution < -0.4 is 5.32 Å². The van der Waals surface area contributed by atoms with Gasteiger partial charge >= 0.3 is 0 Å². The largest absolute Gasteiger partial charge is 0.308 e. The second-order valence-corrected chi connectivity index (χ2v) is 4.83. The van der Waals surface area contributed by atoms with E-state index in [4.69, 9.17) is 0 Å². The molecule has 0 bridgehead atoms. The summed E-state index contributed by atoms with van der Waals surface area (Å²) >= 11 is 1.75. The normalized spacial score (nSPS) is 18.9. The van der Waals surface area contributed by atoms with Gasteiger partial charge in [-0.2, -0.15) is 0 Å². The molecule has 0 aliphatic heterocycles. The van der Waals surface area contributed by atoms with Crippen molar-refractivity contribution in [1.82, 2.24) is 10.3 Å². The Bertz CT molecular complexity index is 278. The maximum absolute atomic E-state index is 4.42. The molecule has 0 amide bonds. The lowest BCUT2D eigenvalue weighted by molar-refractivity contribution is 0.495. The van der Waals surface area contributed by atoms with Crippen molar-refractivity contribution >= 4 is 11.3 Å². The molecule has 1 saturated carbocycles. The highest BCUT2D eigenvalue weighted by Crippen LogP contribution is 2.32. The van der Waals surface area contributed by atoms with Gasteiger partial charge in [0.2, 0.25) is 0 Å². The number of aromatic nitrogens is 1. The minimum absolute atomic E-state index is 0.671. The van der Waals surface area contributed by atoms with E-state index in [1.165, 1.54) is 17.8 Å². The lowest BCUT2D eigenvalue weighted by atomic mass is 10.2. The Hall–Kier alpha value is -0.410. The molecule has 3 heteroatoms. The molecule has 1 fully saturated rings. The summed E-state index contributed by atoms with van der Waals surface area (Å²) < 4.78 is 0. The van der Waals surface area contributed by atoms with Crippen molar-refractivity contribution < 1.29 is 0 Å². The van der Waals surface area contributed by atoms with E-state index in [-0.39, 0.29) is 0 Å². The first-order valence-electron chi connectivity index (χ1n) is 4.90. The van der Waals surface area contributed by atoms with Gasteiger partial charge in [-0.1, -0.05) is 0 Å². The molecule has 72 valence electrons. The van der Waals surface area contributed by atoms with Crippen molar-refractivity contribution in [3.63, 3.8) is 0 Å². The maximum Gasteiger partial charge on any atom is 0.107 e. The van der Waals surface area contributed by atoms with Crippen LogP contribution in [0.15, 0.2) is 5.38 Å². The Morgan fingerprint density at radius 2 is 2.46 bits per heavy atom. The molecule has 1 atom stereocenters. The van der Waals surface area contributed by atoms with Crippen LogP contribution in [-0.4, -0.2) is 11.0 Å². The number of aryl methyl sites for hydroxylation is 1. The van der Waals surface area contributed by atoms with Crippen LogP contribution in [0, 0.1) is 12.8 Å². The van der Waals surface area contributed by atoms with Crippen molar-refractivity contribution in [2.45, 2.75) is 39.3 Å². The van der Waals surface area contributed by atoms with Gasteiger partial charge in [-0.3, -0.25) is 0 Å². The van der Waals surface area contributed by atoms with Crippen molar-refractivity contribution in [2.24, 2.45) is 5.92 Å². The van der Waals surface area contributed by atoms with Gasteiger partial charge in [-0.05, 0) is 32.6 Å². The molecule has 1 N–H and O–H groups in total. The van der Waals surface area contributed by atoms with E-state index in [0.717, 1.165) is 18.2 Å².